The molecule has 0 aromatic heterocycles. The first-order valence-corrected chi connectivity index (χ1v) is 7.95. The first-order chi connectivity index (χ1) is 9.50. The highest BCUT2D eigenvalue weighted by Crippen LogP contribution is 2.33. The van der Waals surface area contributed by atoms with Crippen LogP contribution in [-0.4, -0.2) is 31.6 Å². The Morgan fingerprint density at radius 1 is 1.25 bits per heavy atom. The monoisotopic (exact) mass is 274 g/mol. The number of benzene rings is 1. The minimum absolute atomic E-state index is 0.455. The predicted molar refractivity (Wildman–Crippen MR) is 86.9 cm³/mol. The standard InChI is InChI=1S/C18H30N2/c1-18(2,3)16-10-12-20(14-16)13-11-17(19-4)15-8-6-5-7-9-15/h5-9,16-17,19H,10-14H2,1-4H3. The largest absolute Gasteiger partial charge is 0.313 e. The van der Waals surface area contributed by atoms with E-state index in [1.54, 1.807) is 0 Å². The van der Waals surface area contributed by atoms with E-state index in [1.807, 2.05) is 0 Å². The third kappa shape index (κ3) is 4.07. The molecule has 2 atom stereocenters. The molecule has 2 rings (SSSR count). The summed E-state index contributed by atoms with van der Waals surface area (Å²) in [4.78, 5) is 2.64. The summed E-state index contributed by atoms with van der Waals surface area (Å²) in [6, 6.07) is 11.3. The number of hydrogen-bond donors (Lipinski definition) is 1. The van der Waals surface area contributed by atoms with Gasteiger partial charge in [0.1, 0.15) is 0 Å². The number of likely N-dealkylation sites (tertiary alicyclic amines) is 1. The molecule has 1 aliphatic heterocycles. The van der Waals surface area contributed by atoms with Crippen LogP contribution >= 0.6 is 0 Å². The molecular formula is C18H30N2. The maximum Gasteiger partial charge on any atom is 0.0329 e. The zero-order chi connectivity index (χ0) is 14.6. The number of hydrogen-bond acceptors (Lipinski definition) is 2. The van der Waals surface area contributed by atoms with Crippen molar-refractivity contribution in [1.82, 2.24) is 10.2 Å². The third-order valence-electron chi connectivity index (χ3n) is 4.78. The van der Waals surface area contributed by atoms with Crippen molar-refractivity contribution in [1.29, 1.82) is 0 Å². The molecule has 1 heterocycles. The van der Waals surface area contributed by atoms with Crippen LogP contribution in [0.25, 0.3) is 0 Å². The van der Waals surface area contributed by atoms with E-state index in [0.29, 0.717) is 11.5 Å². The Bertz CT molecular complexity index is 394. The van der Waals surface area contributed by atoms with Gasteiger partial charge in [0, 0.05) is 12.6 Å². The van der Waals surface area contributed by atoms with Gasteiger partial charge in [-0.3, -0.25) is 0 Å². The van der Waals surface area contributed by atoms with Crippen LogP contribution in [0.15, 0.2) is 30.3 Å². The summed E-state index contributed by atoms with van der Waals surface area (Å²) in [6.45, 7) is 10.9. The summed E-state index contributed by atoms with van der Waals surface area (Å²) in [5.74, 6) is 0.854. The first kappa shape index (κ1) is 15.5. The van der Waals surface area contributed by atoms with Crippen molar-refractivity contribution in [3.05, 3.63) is 35.9 Å². The van der Waals surface area contributed by atoms with Gasteiger partial charge in [-0.15, -0.1) is 0 Å². The molecule has 1 aliphatic rings. The zero-order valence-corrected chi connectivity index (χ0v) is 13.5. The second-order valence-electron chi connectivity index (χ2n) is 7.19. The molecule has 0 amide bonds. The van der Waals surface area contributed by atoms with Gasteiger partial charge in [-0.1, -0.05) is 51.1 Å². The molecule has 1 aromatic rings. The highest BCUT2D eigenvalue weighted by Gasteiger charge is 2.31. The molecule has 2 heteroatoms. The van der Waals surface area contributed by atoms with Gasteiger partial charge in [0.05, 0.1) is 0 Å². The van der Waals surface area contributed by atoms with Crippen LogP contribution in [0.1, 0.15) is 45.2 Å². The average molecular weight is 274 g/mol. The smallest absolute Gasteiger partial charge is 0.0329 e. The zero-order valence-electron chi connectivity index (χ0n) is 13.5. The van der Waals surface area contributed by atoms with Crippen LogP contribution < -0.4 is 5.32 Å². The van der Waals surface area contributed by atoms with Gasteiger partial charge in [0.2, 0.25) is 0 Å². The fourth-order valence-electron chi connectivity index (χ4n) is 3.22. The molecule has 112 valence electrons. The molecule has 0 bridgehead atoms. The van der Waals surface area contributed by atoms with Crippen LogP contribution in [0.2, 0.25) is 0 Å². The van der Waals surface area contributed by atoms with E-state index in [0.717, 1.165) is 5.92 Å². The van der Waals surface area contributed by atoms with Gasteiger partial charge in [-0.05, 0) is 49.9 Å². The second kappa shape index (κ2) is 6.73. The Balaban J connectivity index is 1.83. The normalized spacial score (nSPS) is 22.1. The summed E-state index contributed by atoms with van der Waals surface area (Å²) in [7, 11) is 2.07. The topological polar surface area (TPSA) is 15.3 Å². The molecule has 0 aliphatic carbocycles. The summed E-state index contributed by atoms with van der Waals surface area (Å²) < 4.78 is 0. The lowest BCUT2D eigenvalue weighted by atomic mass is 9.80. The molecular weight excluding hydrogens is 244 g/mol. The lowest BCUT2D eigenvalue weighted by Crippen LogP contribution is -2.29. The van der Waals surface area contributed by atoms with Gasteiger partial charge < -0.3 is 10.2 Å². The Labute approximate surface area is 124 Å². The van der Waals surface area contributed by atoms with Crippen molar-refractivity contribution in [3.63, 3.8) is 0 Å². The van der Waals surface area contributed by atoms with E-state index in [1.165, 1.54) is 38.0 Å². The fourth-order valence-corrected chi connectivity index (χ4v) is 3.22. The summed E-state index contributed by atoms with van der Waals surface area (Å²) in [5.41, 5.74) is 1.86. The van der Waals surface area contributed by atoms with E-state index in [2.05, 4.69) is 68.4 Å². The van der Waals surface area contributed by atoms with Gasteiger partial charge in [-0.2, -0.15) is 0 Å². The number of rotatable bonds is 5. The molecule has 2 unspecified atom stereocenters. The molecule has 0 saturated carbocycles. The van der Waals surface area contributed by atoms with E-state index in [-0.39, 0.29) is 0 Å². The molecule has 1 fully saturated rings. The SMILES string of the molecule is CNC(CCN1CCC(C(C)(C)C)C1)c1ccccc1. The highest BCUT2D eigenvalue weighted by atomic mass is 15.1. The van der Waals surface area contributed by atoms with E-state index in [4.69, 9.17) is 0 Å². The molecule has 1 aromatic carbocycles. The molecule has 0 radical (unpaired) electrons. The van der Waals surface area contributed by atoms with Crippen LogP contribution in [0.4, 0.5) is 0 Å². The quantitative estimate of drug-likeness (QED) is 0.880. The second-order valence-corrected chi connectivity index (χ2v) is 7.19. The minimum Gasteiger partial charge on any atom is -0.313 e. The summed E-state index contributed by atoms with van der Waals surface area (Å²) >= 11 is 0. The molecule has 0 spiro atoms. The van der Waals surface area contributed by atoms with Crippen molar-refractivity contribution >= 4 is 0 Å². The van der Waals surface area contributed by atoms with E-state index >= 15 is 0 Å². The fraction of sp³-hybridized carbons (Fsp3) is 0.667. The van der Waals surface area contributed by atoms with E-state index < -0.39 is 0 Å². The Hall–Kier alpha value is -0.860. The van der Waals surface area contributed by atoms with Crippen molar-refractivity contribution in [2.24, 2.45) is 11.3 Å². The van der Waals surface area contributed by atoms with Crippen LogP contribution in [0.5, 0.6) is 0 Å². The summed E-state index contributed by atoms with van der Waals surface area (Å²) in [5, 5.41) is 3.46. The molecule has 1 saturated heterocycles. The van der Waals surface area contributed by atoms with Gasteiger partial charge in [-0.25, -0.2) is 0 Å². The molecule has 2 nitrogen and oxygen atoms in total. The lowest BCUT2D eigenvalue weighted by molar-refractivity contribution is 0.225. The van der Waals surface area contributed by atoms with Gasteiger partial charge >= 0.3 is 0 Å². The number of nitrogens with one attached hydrogen (secondary N) is 1. The van der Waals surface area contributed by atoms with Crippen molar-refractivity contribution in [2.75, 3.05) is 26.7 Å². The molecule has 20 heavy (non-hydrogen) atoms. The highest BCUT2D eigenvalue weighted by molar-refractivity contribution is 5.18. The molecule has 1 N–H and O–H groups in total. The lowest BCUT2D eigenvalue weighted by Gasteiger charge is -2.27. The maximum atomic E-state index is 3.46. The van der Waals surface area contributed by atoms with Gasteiger partial charge in [0.15, 0.2) is 0 Å². The summed E-state index contributed by atoms with van der Waals surface area (Å²) in [6.07, 6.45) is 2.55. The minimum atomic E-state index is 0.455. The average Bonchev–Trinajstić information content (AvgIpc) is 2.89. The Morgan fingerprint density at radius 3 is 2.50 bits per heavy atom. The maximum absolute atomic E-state index is 3.46. The Morgan fingerprint density at radius 2 is 1.95 bits per heavy atom. The third-order valence-corrected chi connectivity index (χ3v) is 4.78. The number of nitrogens with zero attached hydrogens (tertiary/aromatic N) is 1. The van der Waals surface area contributed by atoms with Crippen LogP contribution in [-0.2, 0) is 0 Å². The van der Waals surface area contributed by atoms with Crippen molar-refractivity contribution in [2.45, 2.75) is 39.7 Å². The van der Waals surface area contributed by atoms with Crippen molar-refractivity contribution in [3.8, 4) is 0 Å². The Kier molecular flexibility index (Phi) is 5.22. The van der Waals surface area contributed by atoms with Crippen molar-refractivity contribution < 1.29 is 0 Å². The van der Waals surface area contributed by atoms with Crippen LogP contribution in [0, 0.1) is 11.3 Å². The van der Waals surface area contributed by atoms with Gasteiger partial charge in [0.25, 0.3) is 0 Å². The first-order valence-electron chi connectivity index (χ1n) is 7.95. The van der Waals surface area contributed by atoms with Crippen LogP contribution in [0.3, 0.4) is 0 Å². The van der Waals surface area contributed by atoms with E-state index in [9.17, 15) is 0 Å². The predicted octanol–water partition coefficient (Wildman–Crippen LogP) is 3.71.